The summed E-state index contributed by atoms with van der Waals surface area (Å²) in [6.45, 7) is 0.364. The van der Waals surface area contributed by atoms with Crippen LogP contribution in [0.2, 0.25) is 5.02 Å². The van der Waals surface area contributed by atoms with Crippen molar-refractivity contribution in [3.05, 3.63) is 35.1 Å². The van der Waals surface area contributed by atoms with E-state index in [1.807, 2.05) is 25.1 Å². The average Bonchev–Trinajstić information content (AvgIpc) is 2.85. The van der Waals surface area contributed by atoms with Gasteiger partial charge in [-0.15, -0.1) is 5.10 Å². The molecule has 1 aromatic heterocycles. The van der Waals surface area contributed by atoms with Crippen LogP contribution in [0.5, 0.6) is 0 Å². The van der Waals surface area contributed by atoms with Gasteiger partial charge in [0.25, 0.3) is 0 Å². The molecule has 8 heteroatoms. The van der Waals surface area contributed by atoms with Gasteiger partial charge in [0.15, 0.2) is 0 Å². The third kappa shape index (κ3) is 3.93. The molecule has 0 saturated carbocycles. The summed E-state index contributed by atoms with van der Waals surface area (Å²) in [7, 11) is 3.80. The third-order valence-electron chi connectivity index (χ3n) is 2.81. The number of anilines is 2. The highest BCUT2D eigenvalue weighted by molar-refractivity contribution is 6.33. The molecule has 0 radical (unpaired) electrons. The topological polar surface area (TPSA) is 89.1 Å². The maximum atomic E-state index is 11.9. The number of benzene rings is 1. The van der Waals surface area contributed by atoms with E-state index in [4.69, 9.17) is 17.3 Å². The van der Waals surface area contributed by atoms with Gasteiger partial charge in [-0.3, -0.25) is 4.79 Å². The molecule has 0 unspecified atom stereocenters. The first-order valence-corrected chi connectivity index (χ1v) is 6.73. The van der Waals surface area contributed by atoms with Crippen molar-refractivity contribution in [2.45, 2.75) is 13.1 Å². The molecule has 21 heavy (non-hydrogen) atoms. The van der Waals surface area contributed by atoms with Crippen LogP contribution in [-0.2, 0) is 17.9 Å². The van der Waals surface area contributed by atoms with Crippen LogP contribution < -0.4 is 16.0 Å². The first-order chi connectivity index (χ1) is 9.99. The Morgan fingerprint density at radius 1 is 1.48 bits per heavy atom. The van der Waals surface area contributed by atoms with Crippen LogP contribution in [0.25, 0.3) is 0 Å². The molecule has 1 aromatic carbocycles. The van der Waals surface area contributed by atoms with E-state index in [2.05, 4.69) is 15.6 Å². The standard InChI is InChI=1S/C13H17ClN6O/c1-19(2)12-4-3-9(5-11(12)14)16-13(21)8-20-7-10(6-15)17-18-20/h3-5,7H,6,8,15H2,1-2H3,(H,16,21). The SMILES string of the molecule is CN(C)c1ccc(NC(=O)Cn2cc(CN)nn2)cc1Cl. The van der Waals surface area contributed by atoms with E-state index in [9.17, 15) is 4.79 Å². The van der Waals surface area contributed by atoms with Crippen LogP contribution in [0, 0.1) is 0 Å². The molecule has 0 aliphatic rings. The molecule has 0 aliphatic carbocycles. The van der Waals surface area contributed by atoms with Crippen molar-refractivity contribution in [2.24, 2.45) is 5.73 Å². The number of hydrogen-bond acceptors (Lipinski definition) is 5. The molecule has 3 N–H and O–H groups in total. The molecule has 0 bridgehead atoms. The summed E-state index contributed by atoms with van der Waals surface area (Å²) in [6, 6.07) is 5.35. The number of carbonyl (C=O) groups excluding carboxylic acids is 1. The minimum Gasteiger partial charge on any atom is -0.376 e. The fraction of sp³-hybridized carbons (Fsp3) is 0.308. The molecule has 2 rings (SSSR count). The number of amides is 1. The Bertz CT molecular complexity index is 639. The van der Waals surface area contributed by atoms with Crippen LogP contribution in [-0.4, -0.2) is 35.0 Å². The van der Waals surface area contributed by atoms with Crippen molar-refractivity contribution in [1.29, 1.82) is 0 Å². The lowest BCUT2D eigenvalue weighted by molar-refractivity contribution is -0.116. The monoisotopic (exact) mass is 308 g/mol. The van der Waals surface area contributed by atoms with Gasteiger partial charge in [0, 0.05) is 26.3 Å². The second-order valence-corrected chi connectivity index (χ2v) is 5.13. The van der Waals surface area contributed by atoms with E-state index in [0.29, 0.717) is 22.9 Å². The van der Waals surface area contributed by atoms with Crippen LogP contribution >= 0.6 is 11.6 Å². The predicted octanol–water partition coefficient (Wildman–Crippen LogP) is 1.09. The summed E-state index contributed by atoms with van der Waals surface area (Å²) in [6.07, 6.45) is 1.64. The number of hydrogen-bond donors (Lipinski definition) is 2. The Hall–Kier alpha value is -2.12. The Balaban J connectivity index is 2.01. The number of nitrogens with one attached hydrogen (secondary N) is 1. The average molecular weight is 309 g/mol. The number of nitrogens with zero attached hydrogens (tertiary/aromatic N) is 4. The zero-order chi connectivity index (χ0) is 15.4. The molecule has 7 nitrogen and oxygen atoms in total. The van der Waals surface area contributed by atoms with Crippen LogP contribution in [0.15, 0.2) is 24.4 Å². The number of nitrogens with two attached hydrogens (primary N) is 1. The number of carbonyl (C=O) groups is 1. The van der Waals surface area contributed by atoms with Gasteiger partial charge in [0.2, 0.25) is 5.91 Å². The normalized spacial score (nSPS) is 10.5. The summed E-state index contributed by atoms with van der Waals surface area (Å²) in [4.78, 5) is 13.8. The minimum atomic E-state index is -0.211. The van der Waals surface area contributed by atoms with Gasteiger partial charge in [-0.05, 0) is 18.2 Å². The summed E-state index contributed by atoms with van der Waals surface area (Å²) < 4.78 is 1.44. The quantitative estimate of drug-likeness (QED) is 0.863. The van der Waals surface area contributed by atoms with Crippen molar-refractivity contribution >= 4 is 28.9 Å². The van der Waals surface area contributed by atoms with Gasteiger partial charge in [-0.2, -0.15) is 0 Å². The van der Waals surface area contributed by atoms with Crippen LogP contribution in [0.4, 0.5) is 11.4 Å². The molecule has 0 atom stereocenters. The van der Waals surface area contributed by atoms with E-state index in [1.54, 1.807) is 18.3 Å². The first kappa shape index (κ1) is 15.3. The summed E-state index contributed by atoms with van der Waals surface area (Å²) in [5.74, 6) is -0.211. The smallest absolute Gasteiger partial charge is 0.246 e. The fourth-order valence-corrected chi connectivity index (χ4v) is 2.15. The highest BCUT2D eigenvalue weighted by atomic mass is 35.5. The minimum absolute atomic E-state index is 0.0695. The largest absolute Gasteiger partial charge is 0.376 e. The Morgan fingerprint density at radius 2 is 2.24 bits per heavy atom. The van der Waals surface area contributed by atoms with Gasteiger partial charge < -0.3 is 16.0 Å². The van der Waals surface area contributed by atoms with Crippen LogP contribution in [0.3, 0.4) is 0 Å². The Kier molecular flexibility index (Phi) is 4.77. The summed E-state index contributed by atoms with van der Waals surface area (Å²) in [5, 5.41) is 11.0. The number of aromatic nitrogens is 3. The van der Waals surface area contributed by atoms with Crippen molar-refractivity contribution in [1.82, 2.24) is 15.0 Å². The number of rotatable bonds is 5. The molecular weight excluding hydrogens is 292 g/mol. The van der Waals surface area contributed by atoms with Gasteiger partial charge in [0.1, 0.15) is 6.54 Å². The lowest BCUT2D eigenvalue weighted by Crippen LogP contribution is -2.19. The summed E-state index contributed by atoms with van der Waals surface area (Å²) >= 11 is 6.16. The van der Waals surface area contributed by atoms with E-state index < -0.39 is 0 Å². The molecular formula is C13H17ClN6O. The van der Waals surface area contributed by atoms with Crippen molar-refractivity contribution in [3.8, 4) is 0 Å². The van der Waals surface area contributed by atoms with Gasteiger partial charge >= 0.3 is 0 Å². The second-order valence-electron chi connectivity index (χ2n) is 4.72. The van der Waals surface area contributed by atoms with Crippen molar-refractivity contribution in [3.63, 3.8) is 0 Å². The second kappa shape index (κ2) is 6.55. The molecule has 2 aromatic rings. The van der Waals surface area contributed by atoms with E-state index in [0.717, 1.165) is 5.69 Å². The zero-order valence-electron chi connectivity index (χ0n) is 11.9. The highest BCUT2D eigenvalue weighted by Crippen LogP contribution is 2.27. The van der Waals surface area contributed by atoms with E-state index in [-0.39, 0.29) is 12.5 Å². The summed E-state index contributed by atoms with van der Waals surface area (Å²) in [5.41, 5.74) is 7.60. The molecule has 0 aliphatic heterocycles. The maximum Gasteiger partial charge on any atom is 0.246 e. The molecule has 0 saturated heterocycles. The fourth-order valence-electron chi connectivity index (χ4n) is 1.80. The van der Waals surface area contributed by atoms with Gasteiger partial charge in [-0.25, -0.2) is 4.68 Å². The lowest BCUT2D eigenvalue weighted by atomic mass is 10.2. The van der Waals surface area contributed by atoms with Crippen LogP contribution in [0.1, 0.15) is 5.69 Å². The Morgan fingerprint density at radius 3 is 2.81 bits per heavy atom. The van der Waals surface area contributed by atoms with E-state index >= 15 is 0 Å². The number of halogens is 1. The van der Waals surface area contributed by atoms with Crippen molar-refractivity contribution in [2.75, 3.05) is 24.3 Å². The zero-order valence-corrected chi connectivity index (χ0v) is 12.6. The van der Waals surface area contributed by atoms with Crippen molar-refractivity contribution < 1.29 is 4.79 Å². The van der Waals surface area contributed by atoms with E-state index in [1.165, 1.54) is 4.68 Å². The predicted molar refractivity (Wildman–Crippen MR) is 82.3 cm³/mol. The molecule has 1 heterocycles. The Labute approximate surface area is 127 Å². The lowest BCUT2D eigenvalue weighted by Gasteiger charge is -2.15. The third-order valence-corrected chi connectivity index (χ3v) is 3.12. The van der Waals surface area contributed by atoms with Gasteiger partial charge in [0.05, 0.1) is 22.6 Å². The maximum absolute atomic E-state index is 11.9. The molecule has 112 valence electrons. The molecule has 1 amide bonds. The van der Waals surface area contributed by atoms with Gasteiger partial charge in [-0.1, -0.05) is 16.8 Å². The molecule has 0 fully saturated rings. The first-order valence-electron chi connectivity index (χ1n) is 6.35. The highest BCUT2D eigenvalue weighted by Gasteiger charge is 2.08. The molecule has 0 spiro atoms.